The van der Waals surface area contributed by atoms with Crippen molar-refractivity contribution in [1.29, 1.82) is 0 Å². The molecule has 0 spiro atoms. The lowest BCUT2D eigenvalue weighted by Crippen LogP contribution is -2.30. The summed E-state index contributed by atoms with van der Waals surface area (Å²) in [5.74, 6) is 1.01. The zero-order valence-electron chi connectivity index (χ0n) is 19.6. The van der Waals surface area contributed by atoms with E-state index in [1.165, 1.54) is 0 Å². The number of aryl methyl sites for hydroxylation is 2. The number of hydrogen-bond donors (Lipinski definition) is 0. The summed E-state index contributed by atoms with van der Waals surface area (Å²) in [6.07, 6.45) is 2.42. The molecule has 0 saturated heterocycles. The van der Waals surface area contributed by atoms with Gasteiger partial charge < -0.3 is 18.8 Å². The molecule has 1 aliphatic heterocycles. The zero-order chi connectivity index (χ0) is 23.7. The molecular weight excluding hydrogens is 418 g/mol. The van der Waals surface area contributed by atoms with Gasteiger partial charge >= 0.3 is 0 Å². The van der Waals surface area contributed by atoms with Crippen LogP contribution in [-0.4, -0.2) is 30.6 Å². The van der Waals surface area contributed by atoms with Gasteiger partial charge in [0.15, 0.2) is 16.9 Å². The van der Waals surface area contributed by atoms with Gasteiger partial charge in [0.1, 0.15) is 12.2 Å². The topological polar surface area (TPSA) is 69.0 Å². The number of amides is 1. The van der Waals surface area contributed by atoms with E-state index in [0.717, 1.165) is 23.1 Å². The van der Waals surface area contributed by atoms with Crippen LogP contribution in [-0.2, 0) is 0 Å². The molecule has 1 unspecified atom stereocenters. The Labute approximate surface area is 193 Å². The normalized spacial score (nSPS) is 15.1. The molecule has 6 nitrogen and oxygen atoms in total. The molecule has 1 amide bonds. The van der Waals surface area contributed by atoms with E-state index in [1.807, 2.05) is 58.0 Å². The molecule has 33 heavy (non-hydrogen) atoms. The largest absolute Gasteiger partial charge is 0.490 e. The maximum absolute atomic E-state index is 13.7. The molecule has 0 saturated carbocycles. The highest BCUT2D eigenvalue weighted by Gasteiger charge is 2.42. The Morgan fingerprint density at radius 1 is 1.09 bits per heavy atom. The van der Waals surface area contributed by atoms with E-state index < -0.39 is 6.04 Å². The lowest BCUT2D eigenvalue weighted by atomic mass is 9.97. The standard InChI is InChI=1S/C27H29NO5/c1-6-11-28-23(18-9-10-20(32-12-7-2)21(15-18)31-8-3)22-24(29)19-14-16(4)13-17(5)25(19)33-26(22)27(28)30/h7,9-10,13-15,23H,2,6,8,11-12H2,1,3-5H3. The van der Waals surface area contributed by atoms with Gasteiger partial charge in [0.05, 0.1) is 23.6 Å². The Hall–Kier alpha value is -3.54. The van der Waals surface area contributed by atoms with E-state index in [0.29, 0.717) is 47.8 Å². The third-order valence-corrected chi connectivity index (χ3v) is 5.80. The van der Waals surface area contributed by atoms with Gasteiger partial charge in [-0.3, -0.25) is 9.59 Å². The molecule has 1 atom stereocenters. The minimum absolute atomic E-state index is 0.128. The fourth-order valence-corrected chi connectivity index (χ4v) is 4.52. The van der Waals surface area contributed by atoms with Crippen LogP contribution in [0.1, 0.15) is 59.1 Å². The lowest BCUT2D eigenvalue weighted by Gasteiger charge is -2.25. The maximum Gasteiger partial charge on any atom is 0.290 e. The van der Waals surface area contributed by atoms with E-state index in [1.54, 1.807) is 11.0 Å². The van der Waals surface area contributed by atoms with Crippen LogP contribution in [0.5, 0.6) is 11.5 Å². The third-order valence-electron chi connectivity index (χ3n) is 5.80. The second kappa shape index (κ2) is 9.14. The van der Waals surface area contributed by atoms with Gasteiger partial charge in [0, 0.05) is 6.54 Å². The predicted octanol–water partition coefficient (Wildman–Crippen LogP) is 5.33. The summed E-state index contributed by atoms with van der Waals surface area (Å²) in [6, 6.07) is 8.77. The van der Waals surface area contributed by atoms with Crippen molar-refractivity contribution in [3.63, 3.8) is 0 Å². The lowest BCUT2D eigenvalue weighted by molar-refractivity contribution is 0.0728. The Bertz CT molecular complexity index is 1290. The van der Waals surface area contributed by atoms with Crippen molar-refractivity contribution in [2.24, 2.45) is 0 Å². The summed E-state index contributed by atoms with van der Waals surface area (Å²) < 4.78 is 17.6. The van der Waals surface area contributed by atoms with E-state index >= 15 is 0 Å². The van der Waals surface area contributed by atoms with Crippen LogP contribution in [0.25, 0.3) is 11.0 Å². The fraction of sp³-hybridized carbons (Fsp3) is 0.333. The van der Waals surface area contributed by atoms with Gasteiger partial charge in [-0.2, -0.15) is 0 Å². The first-order chi connectivity index (χ1) is 15.9. The van der Waals surface area contributed by atoms with Crippen molar-refractivity contribution in [3.05, 3.63) is 81.2 Å². The second-order valence-electron chi connectivity index (χ2n) is 8.27. The molecule has 1 aromatic heterocycles. The maximum atomic E-state index is 13.7. The summed E-state index contributed by atoms with van der Waals surface area (Å²) in [5, 5.41) is 0.498. The highest BCUT2D eigenvalue weighted by Crippen LogP contribution is 2.41. The van der Waals surface area contributed by atoms with E-state index in [9.17, 15) is 9.59 Å². The smallest absolute Gasteiger partial charge is 0.290 e. The third kappa shape index (κ3) is 3.90. The van der Waals surface area contributed by atoms with E-state index in [4.69, 9.17) is 13.9 Å². The quantitative estimate of drug-likeness (QED) is 0.437. The molecular formula is C27H29NO5. The number of nitrogens with zero attached hydrogens (tertiary/aromatic N) is 1. The fourth-order valence-electron chi connectivity index (χ4n) is 4.52. The summed E-state index contributed by atoms with van der Waals surface area (Å²) in [5.41, 5.74) is 3.28. The molecule has 3 aromatic rings. The van der Waals surface area contributed by atoms with Crippen LogP contribution < -0.4 is 14.9 Å². The number of hydrogen-bond acceptors (Lipinski definition) is 5. The highest BCUT2D eigenvalue weighted by molar-refractivity contribution is 5.99. The summed E-state index contributed by atoms with van der Waals surface area (Å²) in [4.78, 5) is 28.8. The van der Waals surface area contributed by atoms with Crippen molar-refractivity contribution in [3.8, 4) is 11.5 Å². The average Bonchev–Trinajstić information content (AvgIpc) is 3.06. The van der Waals surface area contributed by atoms with Gasteiger partial charge in [0.25, 0.3) is 5.91 Å². The molecule has 2 heterocycles. The van der Waals surface area contributed by atoms with Crippen LogP contribution in [0.15, 0.2) is 52.2 Å². The summed E-state index contributed by atoms with van der Waals surface area (Å²) >= 11 is 0. The highest BCUT2D eigenvalue weighted by atomic mass is 16.5. The molecule has 0 aliphatic carbocycles. The Morgan fingerprint density at radius 3 is 2.58 bits per heavy atom. The first kappa shape index (κ1) is 22.6. The number of ether oxygens (including phenoxy) is 2. The van der Waals surface area contributed by atoms with Gasteiger partial charge in [-0.05, 0) is 62.1 Å². The Kier molecular flexibility index (Phi) is 6.27. The number of rotatable bonds is 8. The molecule has 0 radical (unpaired) electrons. The second-order valence-corrected chi connectivity index (χ2v) is 8.27. The van der Waals surface area contributed by atoms with Crippen molar-refractivity contribution in [1.82, 2.24) is 4.90 Å². The Morgan fingerprint density at radius 2 is 1.88 bits per heavy atom. The molecule has 0 fully saturated rings. The SMILES string of the molecule is C=CCOc1ccc(C2c3c(oc4c(C)cc(C)cc4c3=O)C(=O)N2CCC)cc1OCC. The molecule has 1 aliphatic rings. The molecule has 6 heteroatoms. The van der Waals surface area contributed by atoms with Crippen LogP contribution >= 0.6 is 0 Å². The van der Waals surface area contributed by atoms with Crippen molar-refractivity contribution in [2.75, 3.05) is 19.8 Å². The molecule has 4 rings (SSSR count). The number of carbonyl (C=O) groups is 1. The minimum atomic E-state index is -0.554. The monoisotopic (exact) mass is 447 g/mol. The van der Waals surface area contributed by atoms with Crippen molar-refractivity contribution >= 4 is 16.9 Å². The van der Waals surface area contributed by atoms with Gasteiger partial charge in [-0.1, -0.05) is 31.7 Å². The first-order valence-corrected chi connectivity index (χ1v) is 11.3. The van der Waals surface area contributed by atoms with Crippen LogP contribution in [0.3, 0.4) is 0 Å². The van der Waals surface area contributed by atoms with Gasteiger partial charge in [-0.15, -0.1) is 0 Å². The van der Waals surface area contributed by atoms with Crippen molar-refractivity contribution < 1.29 is 18.7 Å². The Balaban J connectivity index is 1.94. The number of benzene rings is 2. The van der Waals surface area contributed by atoms with Crippen LogP contribution in [0.2, 0.25) is 0 Å². The summed E-state index contributed by atoms with van der Waals surface area (Å²) in [7, 11) is 0. The average molecular weight is 448 g/mol. The van der Waals surface area contributed by atoms with Crippen LogP contribution in [0.4, 0.5) is 0 Å². The first-order valence-electron chi connectivity index (χ1n) is 11.3. The molecule has 2 aromatic carbocycles. The molecule has 0 N–H and O–H groups in total. The molecule has 172 valence electrons. The van der Waals surface area contributed by atoms with Gasteiger partial charge in [0.2, 0.25) is 5.76 Å². The number of fused-ring (bicyclic) bond motifs is 2. The van der Waals surface area contributed by atoms with E-state index in [-0.39, 0.29) is 17.1 Å². The predicted molar refractivity (Wildman–Crippen MR) is 128 cm³/mol. The van der Waals surface area contributed by atoms with Crippen LogP contribution in [0, 0.1) is 13.8 Å². The zero-order valence-corrected chi connectivity index (χ0v) is 19.6. The summed E-state index contributed by atoms with van der Waals surface area (Å²) in [6.45, 7) is 12.7. The number of carbonyl (C=O) groups excluding carboxylic acids is 1. The molecule has 0 bridgehead atoms. The van der Waals surface area contributed by atoms with Gasteiger partial charge in [-0.25, -0.2) is 0 Å². The van der Waals surface area contributed by atoms with Crippen molar-refractivity contribution in [2.45, 2.75) is 40.2 Å². The minimum Gasteiger partial charge on any atom is -0.490 e. The van der Waals surface area contributed by atoms with E-state index in [2.05, 4.69) is 6.58 Å².